The van der Waals surface area contributed by atoms with Gasteiger partial charge in [0.1, 0.15) is 0 Å². The fourth-order valence-corrected chi connectivity index (χ4v) is 3.25. The molecule has 1 aliphatic heterocycles. The monoisotopic (exact) mass is 314 g/mol. The summed E-state index contributed by atoms with van der Waals surface area (Å²) >= 11 is 0. The first-order valence-corrected chi connectivity index (χ1v) is 7.56. The minimum atomic E-state index is -0.467. The summed E-state index contributed by atoms with van der Waals surface area (Å²) < 4.78 is 0. The molecule has 120 valence electrons. The minimum Gasteiger partial charge on any atom is -0.331 e. The molecule has 0 spiro atoms. The summed E-state index contributed by atoms with van der Waals surface area (Å²) in [4.78, 5) is 24.9. The number of hydrogen-bond donors (Lipinski definition) is 1. The lowest BCUT2D eigenvalue weighted by molar-refractivity contribution is -0.384. The Morgan fingerprint density at radius 3 is 2.61 bits per heavy atom. The largest absolute Gasteiger partial charge is 0.331 e. The molecule has 7 nitrogen and oxygen atoms in total. The summed E-state index contributed by atoms with van der Waals surface area (Å²) in [6.45, 7) is 4.58. The van der Waals surface area contributed by atoms with Crippen LogP contribution in [0.1, 0.15) is 46.2 Å². The SMILES string of the molecule is Cc1n[nH]c(C)c1C1CCCN1C(=O)c1ccc([N+](=O)[O-])cc1. The van der Waals surface area contributed by atoms with Gasteiger partial charge in [-0.1, -0.05) is 0 Å². The molecule has 3 rings (SSSR count). The standard InChI is InChI=1S/C16H18N4O3/c1-10-15(11(2)18-17-10)14-4-3-9-19(14)16(21)12-5-7-13(8-6-12)20(22)23/h5-8,14H,3-4,9H2,1-2H3,(H,17,18). The number of hydrogen-bond acceptors (Lipinski definition) is 4. The van der Waals surface area contributed by atoms with Crippen LogP contribution in [0.2, 0.25) is 0 Å². The van der Waals surface area contributed by atoms with Gasteiger partial charge in [-0.05, 0) is 38.8 Å². The smallest absolute Gasteiger partial charge is 0.269 e. The van der Waals surface area contributed by atoms with Crippen LogP contribution < -0.4 is 0 Å². The van der Waals surface area contributed by atoms with Crippen molar-refractivity contribution in [1.82, 2.24) is 15.1 Å². The van der Waals surface area contributed by atoms with E-state index in [1.807, 2.05) is 18.7 Å². The zero-order chi connectivity index (χ0) is 16.6. The van der Waals surface area contributed by atoms with E-state index in [2.05, 4.69) is 10.2 Å². The molecule has 2 aromatic rings. The van der Waals surface area contributed by atoms with Crippen molar-refractivity contribution < 1.29 is 9.72 Å². The lowest BCUT2D eigenvalue weighted by Gasteiger charge is -2.25. The Bertz CT molecular complexity index is 732. The van der Waals surface area contributed by atoms with Gasteiger partial charge in [-0.3, -0.25) is 20.0 Å². The number of non-ortho nitro benzene ring substituents is 1. The van der Waals surface area contributed by atoms with Crippen molar-refractivity contribution in [2.45, 2.75) is 32.7 Å². The van der Waals surface area contributed by atoms with Crippen LogP contribution in [-0.4, -0.2) is 32.5 Å². The van der Waals surface area contributed by atoms with Gasteiger partial charge in [0.05, 0.1) is 16.7 Å². The molecule has 0 bridgehead atoms. The van der Waals surface area contributed by atoms with Crippen molar-refractivity contribution in [3.63, 3.8) is 0 Å². The molecule has 0 saturated carbocycles. The Morgan fingerprint density at radius 2 is 2.04 bits per heavy atom. The molecule has 7 heteroatoms. The van der Waals surface area contributed by atoms with Crippen LogP contribution >= 0.6 is 0 Å². The third-order valence-electron chi connectivity index (χ3n) is 4.36. The van der Waals surface area contributed by atoms with E-state index in [1.54, 1.807) is 0 Å². The van der Waals surface area contributed by atoms with Gasteiger partial charge >= 0.3 is 0 Å². The summed E-state index contributed by atoms with van der Waals surface area (Å²) in [7, 11) is 0. The predicted molar refractivity (Wildman–Crippen MR) is 84.2 cm³/mol. The quantitative estimate of drug-likeness (QED) is 0.696. The van der Waals surface area contributed by atoms with Gasteiger partial charge in [-0.15, -0.1) is 0 Å². The van der Waals surface area contributed by atoms with Crippen LogP contribution in [0, 0.1) is 24.0 Å². The molecular formula is C16H18N4O3. The molecule has 2 heterocycles. The van der Waals surface area contributed by atoms with Gasteiger partial charge < -0.3 is 4.90 Å². The Kier molecular flexibility index (Phi) is 3.85. The van der Waals surface area contributed by atoms with E-state index in [9.17, 15) is 14.9 Å². The molecule has 0 radical (unpaired) electrons. The molecular weight excluding hydrogens is 296 g/mol. The molecule has 1 atom stereocenters. The first kappa shape index (κ1) is 15.2. The van der Waals surface area contributed by atoms with E-state index in [-0.39, 0.29) is 17.6 Å². The van der Waals surface area contributed by atoms with Gasteiger partial charge in [-0.2, -0.15) is 5.10 Å². The second kappa shape index (κ2) is 5.83. The number of carbonyl (C=O) groups is 1. The summed E-state index contributed by atoms with van der Waals surface area (Å²) in [5, 5.41) is 17.9. The van der Waals surface area contributed by atoms with E-state index < -0.39 is 4.92 Å². The topological polar surface area (TPSA) is 92.1 Å². The number of nitro benzene ring substituents is 1. The Hall–Kier alpha value is -2.70. The van der Waals surface area contributed by atoms with Crippen molar-refractivity contribution in [3.05, 3.63) is 56.9 Å². The Morgan fingerprint density at radius 1 is 1.35 bits per heavy atom. The number of H-pyrrole nitrogens is 1. The van der Waals surface area contributed by atoms with Crippen molar-refractivity contribution >= 4 is 11.6 Å². The average Bonchev–Trinajstić information content (AvgIpc) is 3.13. The average molecular weight is 314 g/mol. The maximum Gasteiger partial charge on any atom is 0.269 e. The number of aryl methyl sites for hydroxylation is 2. The number of aromatic nitrogens is 2. The molecule has 1 saturated heterocycles. The molecule has 1 aromatic heterocycles. The van der Waals surface area contributed by atoms with Crippen molar-refractivity contribution in [1.29, 1.82) is 0 Å². The highest BCUT2D eigenvalue weighted by Gasteiger charge is 2.33. The minimum absolute atomic E-state index is 0.0106. The first-order chi connectivity index (χ1) is 11.0. The highest BCUT2D eigenvalue weighted by molar-refractivity contribution is 5.95. The molecule has 1 amide bonds. The van der Waals surface area contributed by atoms with Crippen LogP contribution in [0.15, 0.2) is 24.3 Å². The number of carbonyl (C=O) groups excluding carboxylic acids is 1. The van der Waals surface area contributed by atoms with Crippen LogP contribution in [-0.2, 0) is 0 Å². The van der Waals surface area contributed by atoms with E-state index in [4.69, 9.17) is 0 Å². The summed E-state index contributed by atoms with van der Waals surface area (Å²) in [5.41, 5.74) is 3.44. The lowest BCUT2D eigenvalue weighted by atomic mass is 10.0. The molecule has 0 aliphatic carbocycles. The molecule has 23 heavy (non-hydrogen) atoms. The van der Waals surface area contributed by atoms with Crippen LogP contribution in [0.25, 0.3) is 0 Å². The Labute approximate surface area is 133 Å². The lowest BCUT2D eigenvalue weighted by Crippen LogP contribution is -2.31. The number of nitrogens with one attached hydrogen (secondary N) is 1. The van der Waals surface area contributed by atoms with Crippen LogP contribution in [0.3, 0.4) is 0 Å². The van der Waals surface area contributed by atoms with Crippen molar-refractivity contribution in [3.8, 4) is 0 Å². The maximum absolute atomic E-state index is 12.8. The number of benzene rings is 1. The van der Waals surface area contributed by atoms with E-state index >= 15 is 0 Å². The van der Waals surface area contributed by atoms with E-state index in [0.29, 0.717) is 12.1 Å². The number of nitrogens with zero attached hydrogens (tertiary/aromatic N) is 3. The fourth-order valence-electron chi connectivity index (χ4n) is 3.25. The van der Waals surface area contributed by atoms with Crippen molar-refractivity contribution in [2.24, 2.45) is 0 Å². The highest BCUT2D eigenvalue weighted by Crippen LogP contribution is 2.35. The third-order valence-corrected chi connectivity index (χ3v) is 4.36. The predicted octanol–water partition coefficient (Wildman–Crippen LogP) is 2.91. The number of nitro groups is 1. The second-order valence-electron chi connectivity index (χ2n) is 5.81. The van der Waals surface area contributed by atoms with E-state index in [1.165, 1.54) is 24.3 Å². The molecule has 1 aliphatic rings. The highest BCUT2D eigenvalue weighted by atomic mass is 16.6. The molecule has 1 N–H and O–H groups in total. The van der Waals surface area contributed by atoms with Crippen LogP contribution in [0.5, 0.6) is 0 Å². The summed E-state index contributed by atoms with van der Waals surface area (Å²) in [5.74, 6) is -0.0950. The molecule has 1 aromatic carbocycles. The maximum atomic E-state index is 12.8. The van der Waals surface area contributed by atoms with Crippen molar-refractivity contribution in [2.75, 3.05) is 6.54 Å². The number of aromatic amines is 1. The van der Waals surface area contributed by atoms with Gasteiger partial charge in [-0.25, -0.2) is 0 Å². The van der Waals surface area contributed by atoms with Crippen LogP contribution in [0.4, 0.5) is 5.69 Å². The summed E-state index contributed by atoms with van der Waals surface area (Å²) in [6, 6.07) is 5.78. The van der Waals surface area contributed by atoms with Gasteiger partial charge in [0.25, 0.3) is 11.6 Å². The van der Waals surface area contributed by atoms with Gasteiger partial charge in [0.2, 0.25) is 0 Å². The third kappa shape index (κ3) is 2.69. The number of likely N-dealkylation sites (tertiary alicyclic amines) is 1. The molecule has 1 unspecified atom stereocenters. The van der Waals surface area contributed by atoms with Gasteiger partial charge in [0, 0.05) is 35.5 Å². The normalized spacial score (nSPS) is 17.5. The zero-order valence-electron chi connectivity index (χ0n) is 13.1. The second-order valence-corrected chi connectivity index (χ2v) is 5.81. The summed E-state index contributed by atoms with van der Waals surface area (Å²) in [6.07, 6.45) is 1.84. The van der Waals surface area contributed by atoms with E-state index in [0.717, 1.165) is 29.8 Å². The number of amides is 1. The number of rotatable bonds is 3. The first-order valence-electron chi connectivity index (χ1n) is 7.56. The zero-order valence-corrected chi connectivity index (χ0v) is 13.1. The molecule has 1 fully saturated rings. The Balaban J connectivity index is 1.87. The van der Waals surface area contributed by atoms with Gasteiger partial charge in [0.15, 0.2) is 0 Å². The fraction of sp³-hybridized carbons (Fsp3) is 0.375.